The van der Waals surface area contributed by atoms with Crippen LogP contribution in [0.2, 0.25) is 0 Å². The molecule has 1 atom stereocenters. The van der Waals surface area contributed by atoms with Crippen molar-refractivity contribution in [1.29, 1.82) is 0 Å². The number of nitrogens with one attached hydrogen (secondary N) is 1. The maximum atomic E-state index is 13.0. The SMILES string of the molecule is C=CC(NCCC)c1ccc(F)c(Br)c1. The Bertz CT molecular complexity index is 338. The van der Waals surface area contributed by atoms with E-state index in [2.05, 4.69) is 34.7 Å². The molecule has 0 fully saturated rings. The molecule has 1 aromatic carbocycles. The summed E-state index contributed by atoms with van der Waals surface area (Å²) in [5.74, 6) is -0.239. The molecule has 0 aliphatic carbocycles. The fourth-order valence-electron chi connectivity index (χ4n) is 1.34. The predicted octanol–water partition coefficient (Wildman–Crippen LogP) is 3.81. The van der Waals surface area contributed by atoms with E-state index in [1.54, 1.807) is 12.1 Å². The van der Waals surface area contributed by atoms with Crippen LogP contribution in [-0.2, 0) is 0 Å². The van der Waals surface area contributed by atoms with Crippen LogP contribution in [0.4, 0.5) is 4.39 Å². The van der Waals surface area contributed by atoms with Crippen molar-refractivity contribution in [3.8, 4) is 0 Å². The van der Waals surface area contributed by atoms with E-state index >= 15 is 0 Å². The molecule has 1 aromatic rings. The minimum Gasteiger partial charge on any atom is -0.307 e. The second-order valence-electron chi connectivity index (χ2n) is 3.34. The van der Waals surface area contributed by atoms with Gasteiger partial charge in [0.15, 0.2) is 0 Å². The maximum absolute atomic E-state index is 13.0. The summed E-state index contributed by atoms with van der Waals surface area (Å²) in [7, 11) is 0. The number of hydrogen-bond donors (Lipinski definition) is 1. The lowest BCUT2D eigenvalue weighted by atomic mass is 10.1. The Labute approximate surface area is 98.5 Å². The van der Waals surface area contributed by atoms with Crippen LogP contribution in [0.25, 0.3) is 0 Å². The van der Waals surface area contributed by atoms with Crippen molar-refractivity contribution in [3.05, 3.63) is 46.7 Å². The molecular weight excluding hydrogens is 257 g/mol. The molecule has 3 heteroatoms. The van der Waals surface area contributed by atoms with Gasteiger partial charge in [0.05, 0.1) is 10.5 Å². The van der Waals surface area contributed by atoms with Crippen molar-refractivity contribution in [2.75, 3.05) is 6.54 Å². The summed E-state index contributed by atoms with van der Waals surface area (Å²) in [5, 5.41) is 3.32. The Kier molecular flexibility index (Phi) is 4.99. The molecule has 1 unspecified atom stereocenters. The van der Waals surface area contributed by atoms with Crippen LogP contribution in [0.1, 0.15) is 24.9 Å². The molecule has 82 valence electrons. The second kappa shape index (κ2) is 6.03. The van der Waals surface area contributed by atoms with Crippen molar-refractivity contribution in [3.63, 3.8) is 0 Å². The van der Waals surface area contributed by atoms with Crippen molar-refractivity contribution < 1.29 is 4.39 Å². The zero-order valence-corrected chi connectivity index (χ0v) is 10.3. The summed E-state index contributed by atoms with van der Waals surface area (Å²) in [6.07, 6.45) is 2.89. The molecule has 1 nitrogen and oxygen atoms in total. The first-order valence-electron chi connectivity index (χ1n) is 5.00. The third-order valence-corrected chi connectivity index (χ3v) is 2.76. The van der Waals surface area contributed by atoms with Gasteiger partial charge in [0.25, 0.3) is 0 Å². The molecule has 0 aliphatic rings. The maximum Gasteiger partial charge on any atom is 0.137 e. The van der Waals surface area contributed by atoms with E-state index in [-0.39, 0.29) is 11.9 Å². The third kappa shape index (κ3) is 3.43. The summed E-state index contributed by atoms with van der Waals surface area (Å²) in [6, 6.07) is 5.10. The van der Waals surface area contributed by atoms with Crippen LogP contribution in [0.15, 0.2) is 35.3 Å². The van der Waals surface area contributed by atoms with Gasteiger partial charge in [-0.15, -0.1) is 6.58 Å². The molecule has 1 rings (SSSR count). The summed E-state index contributed by atoms with van der Waals surface area (Å²) < 4.78 is 13.5. The van der Waals surface area contributed by atoms with E-state index in [0.29, 0.717) is 4.47 Å². The minimum atomic E-state index is -0.239. The monoisotopic (exact) mass is 271 g/mol. The summed E-state index contributed by atoms with van der Waals surface area (Å²) in [6.45, 7) is 6.80. The van der Waals surface area contributed by atoms with Gasteiger partial charge in [0.2, 0.25) is 0 Å². The van der Waals surface area contributed by atoms with E-state index in [1.807, 2.05) is 6.08 Å². The number of rotatable bonds is 5. The van der Waals surface area contributed by atoms with Crippen LogP contribution in [0.5, 0.6) is 0 Å². The molecule has 0 amide bonds. The van der Waals surface area contributed by atoms with Gasteiger partial charge < -0.3 is 5.32 Å². The molecule has 1 N–H and O–H groups in total. The van der Waals surface area contributed by atoms with Crippen molar-refractivity contribution in [2.24, 2.45) is 0 Å². The zero-order valence-electron chi connectivity index (χ0n) is 8.76. The first-order chi connectivity index (χ1) is 7.19. The van der Waals surface area contributed by atoms with Crippen molar-refractivity contribution in [2.45, 2.75) is 19.4 Å². The Hall–Kier alpha value is -0.670. The van der Waals surface area contributed by atoms with Gasteiger partial charge in [-0.05, 0) is 46.6 Å². The van der Waals surface area contributed by atoms with E-state index in [0.717, 1.165) is 18.5 Å². The van der Waals surface area contributed by atoms with Crippen LogP contribution in [0.3, 0.4) is 0 Å². The third-order valence-electron chi connectivity index (χ3n) is 2.15. The molecule has 15 heavy (non-hydrogen) atoms. The molecule has 0 heterocycles. The lowest BCUT2D eigenvalue weighted by molar-refractivity contribution is 0.602. The Morgan fingerprint density at radius 1 is 1.60 bits per heavy atom. The smallest absolute Gasteiger partial charge is 0.137 e. The predicted molar refractivity (Wildman–Crippen MR) is 65.3 cm³/mol. The normalized spacial score (nSPS) is 12.5. The first kappa shape index (κ1) is 12.4. The van der Waals surface area contributed by atoms with Gasteiger partial charge in [0.1, 0.15) is 5.82 Å². The van der Waals surface area contributed by atoms with E-state index < -0.39 is 0 Å². The number of hydrogen-bond acceptors (Lipinski definition) is 1. The van der Waals surface area contributed by atoms with Crippen LogP contribution in [0, 0.1) is 5.82 Å². The zero-order chi connectivity index (χ0) is 11.3. The van der Waals surface area contributed by atoms with Crippen molar-refractivity contribution >= 4 is 15.9 Å². The topological polar surface area (TPSA) is 12.0 Å². The average Bonchev–Trinajstić information content (AvgIpc) is 2.24. The summed E-state index contributed by atoms with van der Waals surface area (Å²) in [4.78, 5) is 0. The second-order valence-corrected chi connectivity index (χ2v) is 4.20. The highest BCUT2D eigenvalue weighted by molar-refractivity contribution is 9.10. The molecule has 0 aliphatic heterocycles. The van der Waals surface area contributed by atoms with E-state index in [1.165, 1.54) is 6.07 Å². The molecule has 0 saturated carbocycles. The van der Waals surface area contributed by atoms with Gasteiger partial charge in [0, 0.05) is 0 Å². The highest BCUT2D eigenvalue weighted by Crippen LogP contribution is 2.21. The van der Waals surface area contributed by atoms with Crippen LogP contribution >= 0.6 is 15.9 Å². The van der Waals surface area contributed by atoms with Crippen LogP contribution in [-0.4, -0.2) is 6.54 Å². The molecule has 0 bridgehead atoms. The van der Waals surface area contributed by atoms with Gasteiger partial charge in [-0.1, -0.05) is 19.1 Å². The fourth-order valence-corrected chi connectivity index (χ4v) is 1.74. The molecule has 0 spiro atoms. The van der Waals surface area contributed by atoms with E-state index in [4.69, 9.17) is 0 Å². The van der Waals surface area contributed by atoms with Gasteiger partial charge in [-0.2, -0.15) is 0 Å². The lowest BCUT2D eigenvalue weighted by Crippen LogP contribution is -2.20. The molecule has 0 radical (unpaired) electrons. The molecular formula is C12H15BrFN. The highest BCUT2D eigenvalue weighted by atomic mass is 79.9. The van der Waals surface area contributed by atoms with Gasteiger partial charge in [-0.25, -0.2) is 4.39 Å². The average molecular weight is 272 g/mol. The fraction of sp³-hybridized carbons (Fsp3) is 0.333. The number of benzene rings is 1. The van der Waals surface area contributed by atoms with Gasteiger partial charge in [-0.3, -0.25) is 0 Å². The standard InChI is InChI=1S/C12H15BrFN/c1-3-7-15-12(4-2)9-5-6-11(14)10(13)8-9/h4-6,8,12,15H,2-3,7H2,1H3. The molecule has 0 aromatic heterocycles. The minimum absolute atomic E-state index is 0.0850. The Balaban J connectivity index is 2.82. The molecule has 0 saturated heterocycles. The van der Waals surface area contributed by atoms with Crippen molar-refractivity contribution in [1.82, 2.24) is 5.32 Å². The summed E-state index contributed by atoms with van der Waals surface area (Å²) in [5.41, 5.74) is 1.02. The first-order valence-corrected chi connectivity index (χ1v) is 5.79. The number of halogens is 2. The van der Waals surface area contributed by atoms with Gasteiger partial charge >= 0.3 is 0 Å². The van der Waals surface area contributed by atoms with Crippen LogP contribution < -0.4 is 5.32 Å². The van der Waals surface area contributed by atoms with E-state index in [9.17, 15) is 4.39 Å². The largest absolute Gasteiger partial charge is 0.307 e. The summed E-state index contributed by atoms with van der Waals surface area (Å²) >= 11 is 3.17. The lowest BCUT2D eigenvalue weighted by Gasteiger charge is -2.14. The highest BCUT2D eigenvalue weighted by Gasteiger charge is 2.08. The Morgan fingerprint density at radius 2 is 2.33 bits per heavy atom. The quantitative estimate of drug-likeness (QED) is 0.803. The Morgan fingerprint density at radius 3 is 2.87 bits per heavy atom.